The third-order valence-corrected chi connectivity index (χ3v) is 7.13. The molecule has 1 aliphatic carbocycles. The molecule has 37 heavy (non-hydrogen) atoms. The van der Waals surface area contributed by atoms with E-state index in [1.54, 1.807) is 6.20 Å². The molecule has 4 heterocycles. The number of halogens is 1. The fourth-order valence-electron chi connectivity index (χ4n) is 5.01. The molecule has 1 unspecified atom stereocenters. The van der Waals surface area contributed by atoms with Gasteiger partial charge >= 0.3 is 6.09 Å². The first-order valence-electron chi connectivity index (χ1n) is 12.8. The molecule has 3 N–H and O–H groups in total. The molecule has 0 radical (unpaired) electrons. The Morgan fingerprint density at radius 1 is 1.14 bits per heavy atom. The van der Waals surface area contributed by atoms with Gasteiger partial charge in [-0.1, -0.05) is 11.6 Å². The third-order valence-electron chi connectivity index (χ3n) is 6.93. The van der Waals surface area contributed by atoms with Crippen LogP contribution in [0.15, 0.2) is 36.7 Å². The van der Waals surface area contributed by atoms with Crippen molar-refractivity contribution in [3.8, 4) is 11.1 Å². The van der Waals surface area contributed by atoms with Gasteiger partial charge in [0.2, 0.25) is 5.91 Å². The van der Waals surface area contributed by atoms with Crippen LogP contribution in [-0.2, 0) is 9.53 Å². The summed E-state index contributed by atoms with van der Waals surface area (Å²) in [5.41, 5.74) is 2.25. The van der Waals surface area contributed by atoms with Crippen LogP contribution in [0.3, 0.4) is 0 Å². The number of fused-ring (bicyclic) bond motifs is 1. The van der Waals surface area contributed by atoms with Gasteiger partial charge in [0, 0.05) is 42.0 Å². The Balaban J connectivity index is 1.15. The first kappa shape index (κ1) is 25.3. The number of hydrogen-bond donors (Lipinski definition) is 3. The number of amides is 2. The van der Waals surface area contributed by atoms with Crippen LogP contribution in [0.4, 0.5) is 10.6 Å². The fourth-order valence-corrected chi connectivity index (χ4v) is 5.22. The molecule has 2 fully saturated rings. The number of hydrogen-bond acceptors (Lipinski definition) is 6. The SMILES string of the molecule is CC(C)(C)OC(=O)N1CCC1C(=O)NC1CCC(Nc2cc(-c3c[nH]c4ncccc34)cc(Cl)n2)CC1. The second-order valence-corrected chi connectivity index (χ2v) is 11.2. The van der Waals surface area contributed by atoms with Gasteiger partial charge in [0.05, 0.1) is 0 Å². The number of nitrogens with zero attached hydrogens (tertiary/aromatic N) is 3. The number of nitrogens with one attached hydrogen (secondary N) is 3. The molecule has 1 aliphatic heterocycles. The number of carbonyl (C=O) groups excluding carboxylic acids is 2. The number of carbonyl (C=O) groups is 2. The van der Waals surface area contributed by atoms with Crippen molar-refractivity contribution in [1.82, 2.24) is 25.2 Å². The first-order chi connectivity index (χ1) is 17.7. The minimum absolute atomic E-state index is 0.0910. The Morgan fingerprint density at radius 3 is 2.59 bits per heavy atom. The van der Waals surface area contributed by atoms with Crippen LogP contribution in [0.5, 0.6) is 0 Å². The van der Waals surface area contributed by atoms with E-state index in [4.69, 9.17) is 16.3 Å². The van der Waals surface area contributed by atoms with E-state index in [1.807, 2.05) is 51.2 Å². The van der Waals surface area contributed by atoms with Crippen molar-refractivity contribution < 1.29 is 14.3 Å². The Labute approximate surface area is 221 Å². The highest BCUT2D eigenvalue weighted by Gasteiger charge is 2.40. The van der Waals surface area contributed by atoms with E-state index in [1.165, 1.54) is 4.90 Å². The van der Waals surface area contributed by atoms with Crippen molar-refractivity contribution in [3.63, 3.8) is 0 Å². The van der Waals surface area contributed by atoms with Crippen LogP contribution in [0.25, 0.3) is 22.2 Å². The molecule has 10 heteroatoms. The molecule has 9 nitrogen and oxygen atoms in total. The molecule has 0 aromatic carbocycles. The molecule has 0 bridgehead atoms. The quantitative estimate of drug-likeness (QED) is 0.399. The monoisotopic (exact) mass is 524 g/mol. The number of likely N-dealkylation sites (tertiary alicyclic amines) is 1. The molecule has 0 spiro atoms. The largest absolute Gasteiger partial charge is 0.444 e. The minimum atomic E-state index is -0.579. The van der Waals surface area contributed by atoms with Gasteiger partial charge in [0.15, 0.2) is 0 Å². The Kier molecular flexibility index (Phi) is 6.98. The van der Waals surface area contributed by atoms with Crippen molar-refractivity contribution in [2.24, 2.45) is 0 Å². The summed E-state index contributed by atoms with van der Waals surface area (Å²) < 4.78 is 5.42. The Hall–Kier alpha value is -3.33. The van der Waals surface area contributed by atoms with Gasteiger partial charge in [0.1, 0.15) is 28.3 Å². The maximum atomic E-state index is 12.8. The summed E-state index contributed by atoms with van der Waals surface area (Å²) in [5.74, 6) is 0.638. The second-order valence-electron chi connectivity index (χ2n) is 10.8. The zero-order valence-corrected chi connectivity index (χ0v) is 22.1. The van der Waals surface area contributed by atoms with Crippen LogP contribution >= 0.6 is 11.6 Å². The summed E-state index contributed by atoms with van der Waals surface area (Å²) in [6.07, 6.45) is 7.43. The van der Waals surface area contributed by atoms with Crippen LogP contribution in [0.2, 0.25) is 5.15 Å². The molecule has 1 saturated heterocycles. The number of anilines is 1. The molecule has 2 aliphatic rings. The lowest BCUT2D eigenvalue weighted by molar-refractivity contribution is -0.131. The highest BCUT2D eigenvalue weighted by atomic mass is 35.5. The van der Waals surface area contributed by atoms with Gasteiger partial charge in [-0.2, -0.15) is 0 Å². The van der Waals surface area contributed by atoms with Crippen LogP contribution in [0.1, 0.15) is 52.9 Å². The average molecular weight is 525 g/mol. The highest BCUT2D eigenvalue weighted by Crippen LogP contribution is 2.32. The number of aromatic amines is 1. The molecule has 3 aromatic heterocycles. The second kappa shape index (κ2) is 10.2. The van der Waals surface area contributed by atoms with Crippen LogP contribution < -0.4 is 10.6 Å². The van der Waals surface area contributed by atoms with Gasteiger partial charge in [-0.3, -0.25) is 9.69 Å². The van der Waals surface area contributed by atoms with Gasteiger partial charge in [-0.05, 0) is 82.7 Å². The van der Waals surface area contributed by atoms with E-state index in [0.717, 1.165) is 53.7 Å². The summed E-state index contributed by atoms with van der Waals surface area (Å²) in [5, 5.41) is 8.13. The van der Waals surface area contributed by atoms with E-state index in [-0.39, 0.29) is 18.0 Å². The highest BCUT2D eigenvalue weighted by molar-refractivity contribution is 6.29. The first-order valence-corrected chi connectivity index (χ1v) is 13.2. The lowest BCUT2D eigenvalue weighted by atomic mass is 9.90. The lowest BCUT2D eigenvalue weighted by Crippen LogP contribution is -2.60. The third kappa shape index (κ3) is 5.82. The number of pyridine rings is 2. The van der Waals surface area contributed by atoms with Crippen molar-refractivity contribution in [2.45, 2.75) is 76.6 Å². The van der Waals surface area contributed by atoms with Crippen LogP contribution in [0, 0.1) is 0 Å². The van der Waals surface area contributed by atoms with Crippen molar-refractivity contribution in [3.05, 3.63) is 41.8 Å². The molecule has 2 amide bonds. The standard InChI is InChI=1S/C27H33ClN6O3/c1-27(2,3)37-26(36)34-12-10-21(34)25(35)32-18-8-6-17(7-9-18)31-23-14-16(13-22(28)33-23)20-15-30-24-19(20)5-4-11-29-24/h4-5,11,13-15,17-18,21H,6-10,12H2,1-3H3,(H,29,30)(H,31,33)(H,32,35). The molecule has 1 atom stereocenters. The molecule has 3 aromatic rings. The molecule has 5 rings (SSSR count). The summed E-state index contributed by atoms with van der Waals surface area (Å²) >= 11 is 6.37. The number of rotatable bonds is 5. The number of aromatic nitrogens is 3. The van der Waals surface area contributed by atoms with Gasteiger partial charge < -0.3 is 20.4 Å². The summed E-state index contributed by atoms with van der Waals surface area (Å²) in [4.78, 5) is 38.7. The normalized spacial score (nSPS) is 21.8. The Bertz CT molecular complexity index is 1290. The van der Waals surface area contributed by atoms with Gasteiger partial charge in [-0.25, -0.2) is 14.8 Å². The summed E-state index contributed by atoms with van der Waals surface area (Å²) in [7, 11) is 0. The minimum Gasteiger partial charge on any atom is -0.444 e. The van der Waals surface area contributed by atoms with E-state index in [9.17, 15) is 9.59 Å². The predicted octanol–water partition coefficient (Wildman–Crippen LogP) is 5.13. The fraction of sp³-hybridized carbons (Fsp3) is 0.481. The maximum Gasteiger partial charge on any atom is 0.410 e. The summed E-state index contributed by atoms with van der Waals surface area (Å²) in [6.45, 7) is 6.02. The number of H-pyrrole nitrogens is 1. The number of ether oxygens (including phenoxy) is 1. The zero-order valence-electron chi connectivity index (χ0n) is 21.4. The maximum absolute atomic E-state index is 12.8. The molecule has 1 saturated carbocycles. The van der Waals surface area contributed by atoms with Crippen molar-refractivity contribution >= 4 is 40.5 Å². The molecular weight excluding hydrogens is 492 g/mol. The van der Waals surface area contributed by atoms with E-state index in [0.29, 0.717) is 18.1 Å². The van der Waals surface area contributed by atoms with E-state index in [2.05, 4.69) is 25.6 Å². The van der Waals surface area contributed by atoms with Crippen molar-refractivity contribution in [2.75, 3.05) is 11.9 Å². The zero-order chi connectivity index (χ0) is 26.2. The van der Waals surface area contributed by atoms with E-state index < -0.39 is 17.7 Å². The summed E-state index contributed by atoms with van der Waals surface area (Å²) in [6, 6.07) is 7.69. The predicted molar refractivity (Wildman–Crippen MR) is 143 cm³/mol. The van der Waals surface area contributed by atoms with Crippen molar-refractivity contribution in [1.29, 1.82) is 0 Å². The molecular formula is C27H33ClN6O3. The van der Waals surface area contributed by atoms with Gasteiger partial charge in [-0.15, -0.1) is 0 Å². The average Bonchev–Trinajstić information content (AvgIpc) is 3.22. The van der Waals surface area contributed by atoms with E-state index >= 15 is 0 Å². The lowest BCUT2D eigenvalue weighted by Gasteiger charge is -2.41. The Morgan fingerprint density at radius 2 is 1.89 bits per heavy atom. The topological polar surface area (TPSA) is 112 Å². The smallest absolute Gasteiger partial charge is 0.410 e. The molecule has 196 valence electrons. The van der Waals surface area contributed by atoms with Gasteiger partial charge in [0.25, 0.3) is 0 Å². The van der Waals surface area contributed by atoms with Crippen LogP contribution in [-0.4, -0.2) is 62.1 Å².